The van der Waals surface area contributed by atoms with Crippen LogP contribution in [0.15, 0.2) is 59.8 Å². The summed E-state index contributed by atoms with van der Waals surface area (Å²) in [5, 5.41) is 5.40. The summed E-state index contributed by atoms with van der Waals surface area (Å²) in [6.07, 6.45) is 2.63. The van der Waals surface area contributed by atoms with Crippen LogP contribution in [0.3, 0.4) is 0 Å². The topological polar surface area (TPSA) is 55.6 Å². The SMILES string of the molecule is CCOc1ccc(C2=NNC(=O)[C@@H](c3cn(C)c4ccccc34)C2)cc1. The Morgan fingerprint density at radius 1 is 1.19 bits per heavy atom. The van der Waals surface area contributed by atoms with Crippen LogP contribution in [0.2, 0.25) is 0 Å². The minimum absolute atomic E-state index is 0.0592. The average molecular weight is 347 g/mol. The van der Waals surface area contributed by atoms with Crippen molar-refractivity contribution in [2.24, 2.45) is 12.1 Å². The number of nitrogens with one attached hydrogen (secondary N) is 1. The van der Waals surface area contributed by atoms with E-state index in [1.807, 2.05) is 50.4 Å². The predicted molar refractivity (Wildman–Crippen MR) is 103 cm³/mol. The quantitative estimate of drug-likeness (QED) is 0.784. The molecular weight excluding hydrogens is 326 g/mol. The van der Waals surface area contributed by atoms with Crippen LogP contribution in [0.1, 0.15) is 30.4 Å². The number of rotatable bonds is 4. The summed E-state index contributed by atoms with van der Waals surface area (Å²) in [6.45, 7) is 2.60. The third kappa shape index (κ3) is 2.86. The molecule has 0 spiro atoms. The molecule has 0 fully saturated rings. The fourth-order valence-electron chi connectivity index (χ4n) is 3.53. The Kier molecular flexibility index (Phi) is 4.21. The Balaban J connectivity index is 1.66. The summed E-state index contributed by atoms with van der Waals surface area (Å²) in [4.78, 5) is 12.5. The molecule has 1 aliphatic rings. The zero-order valence-electron chi connectivity index (χ0n) is 14.9. The van der Waals surface area contributed by atoms with Gasteiger partial charge in [0, 0.05) is 30.6 Å². The number of benzene rings is 2. The van der Waals surface area contributed by atoms with Gasteiger partial charge in [-0.1, -0.05) is 18.2 Å². The molecule has 132 valence electrons. The zero-order chi connectivity index (χ0) is 18.1. The van der Waals surface area contributed by atoms with E-state index in [1.165, 1.54) is 0 Å². The first kappa shape index (κ1) is 16.4. The largest absolute Gasteiger partial charge is 0.494 e. The Hall–Kier alpha value is -3.08. The smallest absolute Gasteiger partial charge is 0.248 e. The summed E-state index contributed by atoms with van der Waals surface area (Å²) in [6, 6.07) is 16.0. The van der Waals surface area contributed by atoms with Crippen molar-refractivity contribution in [3.63, 3.8) is 0 Å². The first-order valence-electron chi connectivity index (χ1n) is 8.81. The maximum Gasteiger partial charge on any atom is 0.248 e. The Bertz CT molecular complexity index is 986. The van der Waals surface area contributed by atoms with E-state index in [1.54, 1.807) is 0 Å². The van der Waals surface area contributed by atoms with Gasteiger partial charge in [-0.2, -0.15) is 5.10 Å². The Morgan fingerprint density at radius 2 is 1.96 bits per heavy atom. The highest BCUT2D eigenvalue weighted by atomic mass is 16.5. The molecule has 5 nitrogen and oxygen atoms in total. The minimum atomic E-state index is -0.250. The van der Waals surface area contributed by atoms with Crippen LogP contribution in [0.4, 0.5) is 0 Å². The molecular formula is C21H21N3O2. The Morgan fingerprint density at radius 3 is 2.73 bits per heavy atom. The van der Waals surface area contributed by atoms with Gasteiger partial charge in [-0.05, 0) is 48.4 Å². The number of carbonyl (C=O) groups excluding carboxylic acids is 1. The van der Waals surface area contributed by atoms with Crippen LogP contribution >= 0.6 is 0 Å². The van der Waals surface area contributed by atoms with Crippen molar-refractivity contribution in [1.82, 2.24) is 9.99 Å². The van der Waals surface area contributed by atoms with Crippen LogP contribution < -0.4 is 10.2 Å². The highest BCUT2D eigenvalue weighted by Gasteiger charge is 2.29. The van der Waals surface area contributed by atoms with E-state index in [4.69, 9.17) is 4.74 Å². The number of nitrogens with zero attached hydrogens (tertiary/aromatic N) is 2. The third-order valence-corrected chi connectivity index (χ3v) is 4.82. The molecule has 2 aromatic carbocycles. The number of fused-ring (bicyclic) bond motifs is 1. The molecule has 5 heteroatoms. The van der Waals surface area contributed by atoms with E-state index in [0.29, 0.717) is 13.0 Å². The summed E-state index contributed by atoms with van der Waals surface area (Å²) in [7, 11) is 2.01. The van der Waals surface area contributed by atoms with Crippen LogP contribution in [0.5, 0.6) is 5.75 Å². The van der Waals surface area contributed by atoms with Crippen molar-refractivity contribution in [2.75, 3.05) is 6.61 Å². The lowest BCUT2D eigenvalue weighted by atomic mass is 9.89. The second kappa shape index (κ2) is 6.67. The van der Waals surface area contributed by atoms with E-state index >= 15 is 0 Å². The molecule has 1 aliphatic heterocycles. The van der Waals surface area contributed by atoms with Gasteiger partial charge in [-0.3, -0.25) is 4.79 Å². The minimum Gasteiger partial charge on any atom is -0.494 e. The van der Waals surface area contributed by atoms with Crippen molar-refractivity contribution in [3.8, 4) is 5.75 Å². The van der Waals surface area contributed by atoms with Crippen LogP contribution in [-0.2, 0) is 11.8 Å². The standard InChI is InChI=1S/C21H21N3O2/c1-3-26-15-10-8-14(9-11-15)19-12-17(21(25)23-22-19)18-13-24(2)20-7-5-4-6-16(18)20/h4-11,13,17H,3,12H2,1-2H3,(H,23,25)/t17-/m1/s1. The molecule has 0 saturated carbocycles. The molecule has 1 atom stereocenters. The summed E-state index contributed by atoms with van der Waals surface area (Å²) in [5.41, 5.74) is 6.75. The highest BCUT2D eigenvalue weighted by Crippen LogP contribution is 2.32. The van der Waals surface area contributed by atoms with E-state index in [9.17, 15) is 4.79 Å². The fraction of sp³-hybridized carbons (Fsp3) is 0.238. The molecule has 0 unspecified atom stereocenters. The molecule has 1 amide bonds. The maximum atomic E-state index is 12.5. The summed E-state index contributed by atoms with van der Waals surface area (Å²) in [5.74, 6) is 0.526. The lowest BCUT2D eigenvalue weighted by Crippen LogP contribution is -2.33. The molecule has 1 aromatic heterocycles. The van der Waals surface area contributed by atoms with Gasteiger partial charge in [0.1, 0.15) is 5.75 Å². The lowest BCUT2D eigenvalue weighted by Gasteiger charge is -2.21. The number of aryl methyl sites for hydroxylation is 1. The van der Waals surface area contributed by atoms with Gasteiger partial charge >= 0.3 is 0 Å². The third-order valence-electron chi connectivity index (χ3n) is 4.82. The normalized spacial score (nSPS) is 17.1. The van der Waals surface area contributed by atoms with Gasteiger partial charge in [0.25, 0.3) is 0 Å². The lowest BCUT2D eigenvalue weighted by molar-refractivity contribution is -0.122. The van der Waals surface area contributed by atoms with Gasteiger partial charge in [0.15, 0.2) is 0 Å². The maximum absolute atomic E-state index is 12.5. The highest BCUT2D eigenvalue weighted by molar-refractivity contribution is 6.07. The number of hydrogen-bond donors (Lipinski definition) is 1. The molecule has 2 heterocycles. The summed E-state index contributed by atoms with van der Waals surface area (Å²) < 4.78 is 7.56. The van der Waals surface area contributed by atoms with Crippen LogP contribution in [-0.4, -0.2) is 22.8 Å². The van der Waals surface area contributed by atoms with Gasteiger partial charge in [-0.25, -0.2) is 5.43 Å². The van der Waals surface area contributed by atoms with Crippen LogP contribution in [0.25, 0.3) is 10.9 Å². The first-order valence-corrected chi connectivity index (χ1v) is 8.81. The number of ether oxygens (including phenoxy) is 1. The van der Waals surface area contributed by atoms with Gasteiger partial charge in [0.2, 0.25) is 5.91 Å². The van der Waals surface area contributed by atoms with E-state index in [-0.39, 0.29) is 11.8 Å². The van der Waals surface area contributed by atoms with Gasteiger partial charge < -0.3 is 9.30 Å². The summed E-state index contributed by atoms with van der Waals surface area (Å²) >= 11 is 0. The van der Waals surface area contributed by atoms with Crippen molar-refractivity contribution in [2.45, 2.75) is 19.3 Å². The van der Waals surface area contributed by atoms with E-state index in [2.05, 4.69) is 33.4 Å². The number of carbonyl (C=O) groups is 1. The van der Waals surface area contributed by atoms with Crippen molar-refractivity contribution in [1.29, 1.82) is 0 Å². The van der Waals surface area contributed by atoms with Gasteiger partial charge in [0.05, 0.1) is 18.2 Å². The van der Waals surface area contributed by atoms with Crippen molar-refractivity contribution >= 4 is 22.5 Å². The number of aromatic nitrogens is 1. The van der Waals surface area contributed by atoms with Crippen molar-refractivity contribution < 1.29 is 9.53 Å². The molecule has 4 rings (SSSR count). The average Bonchev–Trinajstić information content (AvgIpc) is 3.00. The van der Waals surface area contributed by atoms with E-state index < -0.39 is 0 Å². The molecule has 1 N–H and O–H groups in total. The second-order valence-corrected chi connectivity index (χ2v) is 6.46. The van der Waals surface area contributed by atoms with Crippen LogP contribution in [0, 0.1) is 0 Å². The molecule has 0 saturated heterocycles. The number of hydrazone groups is 1. The molecule has 0 radical (unpaired) electrons. The molecule has 0 aliphatic carbocycles. The predicted octanol–water partition coefficient (Wildman–Crippen LogP) is 3.58. The number of hydrogen-bond acceptors (Lipinski definition) is 3. The Labute approximate surface area is 152 Å². The zero-order valence-corrected chi connectivity index (χ0v) is 14.9. The first-order chi connectivity index (χ1) is 12.7. The number of para-hydroxylation sites is 1. The van der Waals surface area contributed by atoms with Crippen molar-refractivity contribution in [3.05, 3.63) is 65.9 Å². The molecule has 0 bridgehead atoms. The molecule has 26 heavy (non-hydrogen) atoms. The monoisotopic (exact) mass is 347 g/mol. The van der Waals surface area contributed by atoms with Gasteiger partial charge in [-0.15, -0.1) is 0 Å². The van der Waals surface area contributed by atoms with E-state index in [0.717, 1.165) is 33.5 Å². The fourth-order valence-corrected chi connectivity index (χ4v) is 3.53. The molecule has 3 aromatic rings. The second-order valence-electron chi connectivity index (χ2n) is 6.46. The number of amides is 1.